The third kappa shape index (κ3) is 5.04. The smallest absolute Gasteiger partial charge is 0.241 e. The minimum atomic E-state index is -0.503. The highest BCUT2D eigenvalue weighted by Gasteiger charge is 2.17. The summed E-state index contributed by atoms with van der Waals surface area (Å²) < 4.78 is 1.87. The number of amides is 1. The highest BCUT2D eigenvalue weighted by Crippen LogP contribution is 2.15. The molecule has 1 aromatic carbocycles. The number of hydrogen-bond acceptors (Lipinski definition) is 3. The molecule has 1 atom stereocenters. The lowest BCUT2D eigenvalue weighted by atomic mass is 10.0. The average Bonchev–Trinajstić information content (AvgIpc) is 2.91. The largest absolute Gasteiger partial charge is 0.325 e. The summed E-state index contributed by atoms with van der Waals surface area (Å²) in [6.45, 7) is 3.85. The van der Waals surface area contributed by atoms with Crippen LogP contribution in [0.25, 0.3) is 5.69 Å². The zero-order valence-corrected chi connectivity index (χ0v) is 13.5. The van der Waals surface area contributed by atoms with Gasteiger partial charge in [-0.05, 0) is 24.1 Å². The molecule has 0 aliphatic heterocycles. The predicted molar refractivity (Wildman–Crippen MR) is 89.5 cm³/mol. The van der Waals surface area contributed by atoms with E-state index in [4.69, 9.17) is 5.73 Å². The van der Waals surface area contributed by atoms with E-state index in [1.807, 2.05) is 48.9 Å². The Morgan fingerprint density at radius 1 is 1.33 bits per heavy atom. The summed E-state index contributed by atoms with van der Waals surface area (Å²) >= 11 is 0. The lowest BCUT2D eigenvalue weighted by molar-refractivity contribution is -0.118. The molecule has 2 aromatic rings. The molecule has 7 heteroatoms. The van der Waals surface area contributed by atoms with E-state index < -0.39 is 6.04 Å². The fourth-order valence-corrected chi connectivity index (χ4v) is 1.68. The van der Waals surface area contributed by atoms with Crippen LogP contribution < -0.4 is 11.1 Å². The molecule has 1 heterocycles. The summed E-state index contributed by atoms with van der Waals surface area (Å²) in [7, 11) is 0. The Bertz CT molecular complexity index is 558. The molecular weight excluding hydrogens is 311 g/mol. The topological polar surface area (TPSA) is 72.9 Å². The minimum Gasteiger partial charge on any atom is -0.325 e. The van der Waals surface area contributed by atoms with Gasteiger partial charge in [0.25, 0.3) is 0 Å². The highest BCUT2D eigenvalue weighted by atomic mass is 35.5. The number of benzene rings is 1. The first-order valence-corrected chi connectivity index (χ1v) is 6.23. The first-order chi connectivity index (χ1) is 9.08. The number of nitrogens with zero attached hydrogens (tertiary/aromatic N) is 2. The monoisotopic (exact) mass is 330 g/mol. The number of imidazole rings is 1. The van der Waals surface area contributed by atoms with E-state index in [9.17, 15) is 4.79 Å². The van der Waals surface area contributed by atoms with Crippen molar-refractivity contribution in [2.75, 3.05) is 5.32 Å². The number of nitrogens with two attached hydrogens (primary N) is 1. The van der Waals surface area contributed by atoms with Gasteiger partial charge in [-0.15, -0.1) is 24.8 Å². The van der Waals surface area contributed by atoms with Gasteiger partial charge in [-0.2, -0.15) is 0 Å². The number of aromatic nitrogens is 2. The van der Waals surface area contributed by atoms with Crippen LogP contribution in [0.2, 0.25) is 0 Å². The second-order valence-electron chi connectivity index (χ2n) is 4.78. The van der Waals surface area contributed by atoms with Crippen LogP contribution in [-0.4, -0.2) is 21.5 Å². The van der Waals surface area contributed by atoms with Gasteiger partial charge in [-0.25, -0.2) is 4.98 Å². The Morgan fingerprint density at radius 3 is 2.62 bits per heavy atom. The van der Waals surface area contributed by atoms with Gasteiger partial charge in [-0.1, -0.05) is 19.9 Å². The predicted octanol–water partition coefficient (Wildman–Crippen LogP) is 2.64. The maximum atomic E-state index is 11.9. The van der Waals surface area contributed by atoms with Crippen molar-refractivity contribution in [2.24, 2.45) is 11.7 Å². The van der Waals surface area contributed by atoms with Crippen molar-refractivity contribution in [3.05, 3.63) is 43.0 Å². The van der Waals surface area contributed by atoms with Crippen LogP contribution in [0.3, 0.4) is 0 Å². The van der Waals surface area contributed by atoms with Gasteiger partial charge in [0.05, 0.1) is 12.4 Å². The third-order valence-corrected chi connectivity index (χ3v) is 2.94. The normalized spacial score (nSPS) is 11.2. The Labute approximate surface area is 136 Å². The van der Waals surface area contributed by atoms with Gasteiger partial charge >= 0.3 is 0 Å². The first kappa shape index (κ1) is 19.4. The molecule has 3 N–H and O–H groups in total. The molecule has 5 nitrogen and oxygen atoms in total. The second-order valence-corrected chi connectivity index (χ2v) is 4.78. The quantitative estimate of drug-likeness (QED) is 0.905. The van der Waals surface area contributed by atoms with Gasteiger partial charge < -0.3 is 15.6 Å². The van der Waals surface area contributed by atoms with E-state index in [1.54, 1.807) is 12.5 Å². The molecule has 0 radical (unpaired) electrons. The number of anilines is 1. The van der Waals surface area contributed by atoms with Crippen molar-refractivity contribution in [1.29, 1.82) is 0 Å². The molecule has 0 saturated heterocycles. The minimum absolute atomic E-state index is 0. The first-order valence-electron chi connectivity index (χ1n) is 6.23. The van der Waals surface area contributed by atoms with Gasteiger partial charge in [0.2, 0.25) is 5.91 Å². The lowest BCUT2D eigenvalue weighted by Crippen LogP contribution is -2.39. The van der Waals surface area contributed by atoms with Crippen molar-refractivity contribution >= 4 is 36.4 Å². The van der Waals surface area contributed by atoms with Crippen LogP contribution >= 0.6 is 24.8 Å². The third-order valence-electron chi connectivity index (χ3n) is 2.94. The number of halogens is 2. The molecule has 2 rings (SSSR count). The van der Waals surface area contributed by atoms with Crippen LogP contribution in [-0.2, 0) is 4.79 Å². The van der Waals surface area contributed by atoms with Crippen molar-refractivity contribution in [1.82, 2.24) is 9.55 Å². The summed E-state index contributed by atoms with van der Waals surface area (Å²) in [5.74, 6) is -0.0605. The average molecular weight is 331 g/mol. The molecule has 1 aromatic heterocycles. The molecule has 0 aliphatic carbocycles. The molecule has 21 heavy (non-hydrogen) atoms. The molecule has 0 fully saturated rings. The van der Waals surface area contributed by atoms with E-state index in [2.05, 4.69) is 10.3 Å². The highest BCUT2D eigenvalue weighted by molar-refractivity contribution is 5.95. The van der Waals surface area contributed by atoms with E-state index in [-0.39, 0.29) is 36.6 Å². The molecular formula is C14H20Cl2N4O. The van der Waals surface area contributed by atoms with Crippen molar-refractivity contribution in [3.8, 4) is 5.69 Å². The second kappa shape index (κ2) is 8.67. The molecule has 0 aliphatic rings. The number of rotatable bonds is 4. The lowest BCUT2D eigenvalue weighted by Gasteiger charge is -2.15. The standard InChI is InChI=1S/C14H18N4O.2ClH/c1-10(2)13(15)14(19)17-11-4-3-5-12(8-11)18-7-6-16-9-18;;/h3-10,13H,15H2,1-2H3,(H,17,19);2*1H. The Kier molecular flexibility index (Phi) is 8.02. The van der Waals surface area contributed by atoms with Crippen molar-refractivity contribution in [2.45, 2.75) is 19.9 Å². The number of carbonyl (C=O) groups is 1. The van der Waals surface area contributed by atoms with Crippen LogP contribution in [0.1, 0.15) is 13.8 Å². The molecule has 0 saturated carbocycles. The summed E-state index contributed by atoms with van der Waals surface area (Å²) in [6.07, 6.45) is 5.27. The number of nitrogens with one attached hydrogen (secondary N) is 1. The van der Waals surface area contributed by atoms with Gasteiger partial charge in [0, 0.05) is 23.8 Å². The summed E-state index contributed by atoms with van der Waals surface area (Å²) in [6, 6.07) is 7.04. The Balaban J connectivity index is 0.00000200. The summed E-state index contributed by atoms with van der Waals surface area (Å²) in [5.41, 5.74) is 7.48. The van der Waals surface area contributed by atoms with Crippen LogP contribution in [0, 0.1) is 5.92 Å². The fraction of sp³-hybridized carbons (Fsp3) is 0.286. The Hall–Kier alpha value is -1.56. The van der Waals surface area contributed by atoms with E-state index in [0.717, 1.165) is 11.4 Å². The SMILES string of the molecule is CC(C)C(N)C(=O)Nc1cccc(-n2ccnc2)c1.Cl.Cl. The van der Waals surface area contributed by atoms with Crippen LogP contribution in [0.15, 0.2) is 43.0 Å². The zero-order valence-electron chi connectivity index (χ0n) is 11.9. The number of carbonyl (C=O) groups excluding carboxylic acids is 1. The van der Waals surface area contributed by atoms with Gasteiger partial charge in [0.15, 0.2) is 0 Å². The fourth-order valence-electron chi connectivity index (χ4n) is 1.68. The van der Waals surface area contributed by atoms with E-state index >= 15 is 0 Å². The van der Waals surface area contributed by atoms with Crippen LogP contribution in [0.5, 0.6) is 0 Å². The maximum Gasteiger partial charge on any atom is 0.241 e. The zero-order chi connectivity index (χ0) is 13.8. The van der Waals surface area contributed by atoms with Gasteiger partial charge in [0.1, 0.15) is 0 Å². The van der Waals surface area contributed by atoms with E-state index in [1.165, 1.54) is 0 Å². The summed E-state index contributed by atoms with van der Waals surface area (Å²) in [4.78, 5) is 15.9. The van der Waals surface area contributed by atoms with Crippen molar-refractivity contribution < 1.29 is 4.79 Å². The van der Waals surface area contributed by atoms with Crippen LogP contribution in [0.4, 0.5) is 5.69 Å². The van der Waals surface area contributed by atoms with Gasteiger partial charge in [-0.3, -0.25) is 4.79 Å². The number of hydrogen-bond donors (Lipinski definition) is 2. The summed E-state index contributed by atoms with van der Waals surface area (Å²) in [5, 5.41) is 2.83. The molecule has 1 amide bonds. The molecule has 0 bridgehead atoms. The Morgan fingerprint density at radius 2 is 2.05 bits per heavy atom. The van der Waals surface area contributed by atoms with Crippen molar-refractivity contribution in [3.63, 3.8) is 0 Å². The molecule has 1 unspecified atom stereocenters. The molecule has 0 spiro atoms. The maximum absolute atomic E-state index is 11.9. The van der Waals surface area contributed by atoms with E-state index in [0.29, 0.717) is 0 Å². The molecule has 116 valence electrons.